The minimum absolute atomic E-state index is 0.118. The van der Waals surface area contributed by atoms with Gasteiger partial charge in [0.1, 0.15) is 5.75 Å². The molecule has 0 unspecified atom stereocenters. The summed E-state index contributed by atoms with van der Waals surface area (Å²) in [5.41, 5.74) is 4.16. The van der Waals surface area contributed by atoms with E-state index in [1.807, 2.05) is 73.7 Å². The summed E-state index contributed by atoms with van der Waals surface area (Å²) in [5.74, 6) is 0.540. The number of nitrogens with one attached hydrogen (secondary N) is 1. The van der Waals surface area contributed by atoms with E-state index in [9.17, 15) is 13.2 Å². The Kier molecular flexibility index (Phi) is 7.01. The fraction of sp³-hybridized carbons (Fsp3) is 0.125. The number of aromatic nitrogens is 1. The summed E-state index contributed by atoms with van der Waals surface area (Å²) >= 11 is 3.56. The molecule has 1 atom stereocenters. The fourth-order valence-corrected chi connectivity index (χ4v) is 7.08. The Hall–Kier alpha value is -4.21. The van der Waals surface area contributed by atoms with E-state index in [2.05, 4.69) is 20.9 Å². The highest BCUT2D eigenvalue weighted by Gasteiger charge is 2.40. The Bertz CT molecular complexity index is 1970. The van der Waals surface area contributed by atoms with Crippen molar-refractivity contribution in [2.45, 2.75) is 24.3 Å². The lowest BCUT2D eigenvalue weighted by Crippen LogP contribution is -2.27. The molecule has 0 saturated heterocycles. The molecular formula is C32H26BrN3O4S. The maximum absolute atomic E-state index is 14.1. The largest absolute Gasteiger partial charge is 0.496 e. The average molecular weight is 629 g/mol. The Labute approximate surface area is 246 Å². The molecule has 0 spiro atoms. The highest BCUT2D eigenvalue weighted by molar-refractivity contribution is 9.10. The molecule has 7 nitrogen and oxygen atoms in total. The van der Waals surface area contributed by atoms with Gasteiger partial charge in [-0.3, -0.25) is 4.79 Å². The van der Waals surface area contributed by atoms with Crippen LogP contribution in [0.4, 0.5) is 0 Å². The molecule has 41 heavy (non-hydrogen) atoms. The van der Waals surface area contributed by atoms with Gasteiger partial charge in [0.15, 0.2) is 0 Å². The lowest BCUT2D eigenvalue weighted by atomic mass is 9.91. The Balaban J connectivity index is 1.62. The summed E-state index contributed by atoms with van der Waals surface area (Å²) in [7, 11) is -2.54. The first-order valence-electron chi connectivity index (χ1n) is 13.0. The molecule has 0 bridgehead atoms. The summed E-state index contributed by atoms with van der Waals surface area (Å²) in [6, 6.07) is 28.5. The van der Waals surface area contributed by atoms with Crippen LogP contribution in [0.1, 0.15) is 29.2 Å². The molecule has 0 amide bonds. The first-order valence-corrected chi connectivity index (χ1v) is 15.2. The van der Waals surface area contributed by atoms with Crippen LogP contribution in [0.2, 0.25) is 0 Å². The Morgan fingerprint density at radius 1 is 0.927 bits per heavy atom. The van der Waals surface area contributed by atoms with E-state index in [-0.39, 0.29) is 16.9 Å². The van der Waals surface area contributed by atoms with Crippen molar-refractivity contribution in [2.24, 2.45) is 5.10 Å². The molecule has 0 saturated carbocycles. The topological polar surface area (TPSA) is 91.8 Å². The lowest BCUT2D eigenvalue weighted by Gasteiger charge is -2.24. The molecule has 0 aliphatic carbocycles. The standard InChI is InChI=1S/C32H26BrN3O4S/c1-20-12-15-23(16-13-20)41(38,39)36-28(24-10-6-7-11-29(24)40-2)19-27(35-36)31-30(21-8-4-3-5-9-21)25-18-22(33)14-17-26(25)34-32(31)37/h3-18,28H,19H2,1-2H3,(H,34,37)/t28-/m0/s1. The van der Waals surface area contributed by atoms with Gasteiger partial charge in [-0.1, -0.05) is 82.2 Å². The third-order valence-electron chi connectivity index (χ3n) is 7.26. The zero-order chi connectivity index (χ0) is 28.7. The van der Waals surface area contributed by atoms with Crippen LogP contribution in [0.5, 0.6) is 5.75 Å². The molecule has 1 aromatic heterocycles. The SMILES string of the molecule is COc1ccccc1[C@@H]1CC(c2c(-c3ccccc3)c3cc(Br)ccc3[nH]c2=O)=NN1S(=O)(=O)c1ccc(C)cc1. The van der Waals surface area contributed by atoms with Gasteiger partial charge in [0.2, 0.25) is 0 Å². The first kappa shape index (κ1) is 27.0. The first-order chi connectivity index (χ1) is 19.8. The number of aryl methyl sites for hydroxylation is 1. The number of para-hydroxylation sites is 1. The van der Waals surface area contributed by atoms with Crippen LogP contribution in [0, 0.1) is 6.92 Å². The number of hydrogen-bond acceptors (Lipinski definition) is 5. The van der Waals surface area contributed by atoms with Crippen LogP contribution in [0.25, 0.3) is 22.0 Å². The predicted octanol–water partition coefficient (Wildman–Crippen LogP) is 6.81. The van der Waals surface area contributed by atoms with Gasteiger partial charge in [0.25, 0.3) is 15.6 Å². The molecule has 6 rings (SSSR count). The second kappa shape index (κ2) is 10.6. The molecule has 0 radical (unpaired) electrons. The second-order valence-electron chi connectivity index (χ2n) is 9.86. The van der Waals surface area contributed by atoms with E-state index in [0.717, 1.165) is 25.4 Å². The molecule has 9 heteroatoms. The number of H-pyrrole nitrogens is 1. The maximum atomic E-state index is 14.1. The van der Waals surface area contributed by atoms with E-state index in [1.165, 1.54) is 0 Å². The molecule has 1 aliphatic heterocycles. The number of hydrogen-bond donors (Lipinski definition) is 1. The smallest absolute Gasteiger partial charge is 0.279 e. The molecule has 1 N–H and O–H groups in total. The second-order valence-corrected chi connectivity index (χ2v) is 12.6. The van der Waals surface area contributed by atoms with Gasteiger partial charge in [-0.05, 0) is 48.9 Å². The summed E-state index contributed by atoms with van der Waals surface area (Å²) in [5, 5.41) is 5.53. The van der Waals surface area contributed by atoms with Crippen molar-refractivity contribution in [3.63, 3.8) is 0 Å². The number of nitrogens with zero attached hydrogens (tertiary/aromatic N) is 2. The van der Waals surface area contributed by atoms with Gasteiger partial charge in [-0.2, -0.15) is 17.9 Å². The van der Waals surface area contributed by atoms with E-state index >= 15 is 0 Å². The van der Waals surface area contributed by atoms with E-state index in [1.54, 1.807) is 37.4 Å². The van der Waals surface area contributed by atoms with Crippen LogP contribution in [-0.2, 0) is 10.0 Å². The zero-order valence-corrected chi connectivity index (χ0v) is 24.7. The summed E-state index contributed by atoms with van der Waals surface area (Å²) in [6.07, 6.45) is 0.174. The average Bonchev–Trinajstić information content (AvgIpc) is 3.43. The van der Waals surface area contributed by atoms with Crippen molar-refractivity contribution < 1.29 is 13.2 Å². The van der Waals surface area contributed by atoms with Crippen molar-refractivity contribution >= 4 is 42.6 Å². The summed E-state index contributed by atoms with van der Waals surface area (Å²) < 4.78 is 35.8. The highest BCUT2D eigenvalue weighted by Crippen LogP contribution is 2.42. The highest BCUT2D eigenvalue weighted by atomic mass is 79.9. The molecule has 5 aromatic rings. The predicted molar refractivity (Wildman–Crippen MR) is 165 cm³/mol. The third-order valence-corrected chi connectivity index (χ3v) is 9.45. The molecule has 206 valence electrons. The zero-order valence-electron chi connectivity index (χ0n) is 22.3. The van der Waals surface area contributed by atoms with Crippen molar-refractivity contribution in [3.8, 4) is 16.9 Å². The fourth-order valence-electron chi connectivity index (χ4n) is 5.30. The normalized spacial score (nSPS) is 15.2. The number of benzene rings is 4. The van der Waals surface area contributed by atoms with Crippen molar-refractivity contribution in [3.05, 3.63) is 129 Å². The van der Waals surface area contributed by atoms with Crippen LogP contribution >= 0.6 is 15.9 Å². The van der Waals surface area contributed by atoms with Gasteiger partial charge in [-0.25, -0.2) is 0 Å². The monoisotopic (exact) mass is 627 g/mol. The van der Waals surface area contributed by atoms with Gasteiger partial charge in [0, 0.05) is 32.9 Å². The number of fused-ring (bicyclic) bond motifs is 1. The van der Waals surface area contributed by atoms with Gasteiger partial charge in [-0.15, -0.1) is 0 Å². The van der Waals surface area contributed by atoms with Crippen LogP contribution in [0.3, 0.4) is 0 Å². The lowest BCUT2D eigenvalue weighted by molar-refractivity contribution is 0.350. The number of methoxy groups -OCH3 is 1. The molecule has 0 fully saturated rings. The minimum Gasteiger partial charge on any atom is -0.496 e. The quantitative estimate of drug-likeness (QED) is 0.224. The number of sulfonamides is 1. The molecular weight excluding hydrogens is 602 g/mol. The van der Waals surface area contributed by atoms with Crippen LogP contribution in [-0.4, -0.2) is 30.6 Å². The minimum atomic E-state index is -4.09. The number of halogens is 1. The number of aromatic amines is 1. The Morgan fingerprint density at radius 3 is 2.37 bits per heavy atom. The molecule has 2 heterocycles. The van der Waals surface area contributed by atoms with E-state index < -0.39 is 16.1 Å². The van der Waals surface area contributed by atoms with Gasteiger partial charge in [0.05, 0.1) is 29.3 Å². The Morgan fingerprint density at radius 2 is 1.63 bits per heavy atom. The van der Waals surface area contributed by atoms with Crippen molar-refractivity contribution in [1.29, 1.82) is 0 Å². The molecule has 1 aliphatic rings. The number of rotatable bonds is 6. The number of pyridine rings is 1. The number of hydrazone groups is 1. The van der Waals surface area contributed by atoms with E-state index in [0.29, 0.717) is 33.7 Å². The van der Waals surface area contributed by atoms with Gasteiger partial charge >= 0.3 is 0 Å². The van der Waals surface area contributed by atoms with Crippen LogP contribution in [0.15, 0.2) is 116 Å². The third kappa shape index (κ3) is 4.85. The summed E-state index contributed by atoms with van der Waals surface area (Å²) in [4.78, 5) is 16.9. The molecule has 4 aromatic carbocycles. The maximum Gasteiger partial charge on any atom is 0.279 e. The van der Waals surface area contributed by atoms with Crippen molar-refractivity contribution in [2.75, 3.05) is 7.11 Å². The summed E-state index contributed by atoms with van der Waals surface area (Å²) in [6.45, 7) is 1.90. The van der Waals surface area contributed by atoms with Gasteiger partial charge < -0.3 is 9.72 Å². The van der Waals surface area contributed by atoms with Crippen LogP contribution < -0.4 is 10.3 Å². The van der Waals surface area contributed by atoms with Crippen molar-refractivity contribution in [1.82, 2.24) is 9.40 Å². The van der Waals surface area contributed by atoms with E-state index in [4.69, 9.17) is 9.84 Å². The number of ether oxygens (including phenoxy) is 1.